The largest absolute Gasteiger partial charge is 0.493 e. The number of thiol groups is 1. The summed E-state index contributed by atoms with van der Waals surface area (Å²) in [5.74, 6) is 1.91. The lowest BCUT2D eigenvalue weighted by molar-refractivity contribution is 0.121. The van der Waals surface area contributed by atoms with Crippen molar-refractivity contribution in [2.75, 3.05) is 12.4 Å². The van der Waals surface area contributed by atoms with Gasteiger partial charge in [-0.15, -0.1) is 0 Å². The number of hydrogen-bond acceptors (Lipinski definition) is 2. The Balaban J connectivity index is 1.72. The van der Waals surface area contributed by atoms with Crippen LogP contribution in [0.1, 0.15) is 32.1 Å². The van der Waals surface area contributed by atoms with Gasteiger partial charge in [0.25, 0.3) is 0 Å². The molecule has 3 rings (SSSR count). The van der Waals surface area contributed by atoms with Crippen molar-refractivity contribution in [3.63, 3.8) is 0 Å². The standard InChI is InChI=1S/C18H22OS/c20-14-18(10-4-1-5-11-18)13-19-17-9-8-15-6-2-3-7-16(15)12-17/h2-3,6-9,12,20H,1,4-5,10-11,13-14H2. The Morgan fingerprint density at radius 2 is 1.70 bits per heavy atom. The average Bonchev–Trinajstić information content (AvgIpc) is 2.54. The van der Waals surface area contributed by atoms with Gasteiger partial charge < -0.3 is 4.74 Å². The van der Waals surface area contributed by atoms with Gasteiger partial charge >= 0.3 is 0 Å². The molecule has 0 heterocycles. The van der Waals surface area contributed by atoms with E-state index in [1.54, 1.807) is 0 Å². The Morgan fingerprint density at radius 3 is 2.45 bits per heavy atom. The molecule has 1 nitrogen and oxygen atoms in total. The molecule has 0 aromatic heterocycles. The van der Waals surface area contributed by atoms with E-state index in [0.29, 0.717) is 0 Å². The van der Waals surface area contributed by atoms with Crippen LogP contribution in [0.3, 0.4) is 0 Å². The number of fused-ring (bicyclic) bond motifs is 1. The molecule has 20 heavy (non-hydrogen) atoms. The minimum Gasteiger partial charge on any atom is -0.493 e. The van der Waals surface area contributed by atoms with Crippen molar-refractivity contribution in [2.45, 2.75) is 32.1 Å². The maximum atomic E-state index is 6.10. The highest BCUT2D eigenvalue weighted by Gasteiger charge is 2.31. The Hall–Kier alpha value is -1.15. The van der Waals surface area contributed by atoms with Crippen LogP contribution in [-0.4, -0.2) is 12.4 Å². The predicted octanol–water partition coefficient (Wildman–Crippen LogP) is 5.10. The number of hydrogen-bond donors (Lipinski definition) is 1. The highest BCUT2D eigenvalue weighted by molar-refractivity contribution is 7.80. The SMILES string of the molecule is SCC1(COc2ccc3ccccc3c2)CCCCC1. The van der Waals surface area contributed by atoms with Crippen molar-refractivity contribution < 1.29 is 4.74 Å². The monoisotopic (exact) mass is 286 g/mol. The molecule has 2 heteroatoms. The van der Waals surface area contributed by atoms with Crippen LogP contribution in [0.15, 0.2) is 42.5 Å². The number of rotatable bonds is 4. The van der Waals surface area contributed by atoms with E-state index in [9.17, 15) is 0 Å². The molecular weight excluding hydrogens is 264 g/mol. The molecule has 0 spiro atoms. The molecule has 0 aliphatic heterocycles. The summed E-state index contributed by atoms with van der Waals surface area (Å²) < 4.78 is 6.10. The summed E-state index contributed by atoms with van der Waals surface area (Å²) in [4.78, 5) is 0. The fourth-order valence-corrected chi connectivity index (χ4v) is 3.55. The van der Waals surface area contributed by atoms with Crippen LogP contribution in [0.2, 0.25) is 0 Å². The molecule has 106 valence electrons. The lowest BCUT2D eigenvalue weighted by Gasteiger charge is -2.35. The predicted molar refractivity (Wildman–Crippen MR) is 88.8 cm³/mol. The second-order valence-electron chi connectivity index (χ2n) is 6.02. The Morgan fingerprint density at radius 1 is 0.950 bits per heavy atom. The topological polar surface area (TPSA) is 9.23 Å². The zero-order valence-corrected chi connectivity index (χ0v) is 12.7. The Labute approximate surface area is 126 Å². The zero-order valence-electron chi connectivity index (χ0n) is 11.8. The molecule has 0 N–H and O–H groups in total. The van der Waals surface area contributed by atoms with E-state index >= 15 is 0 Å². The van der Waals surface area contributed by atoms with Gasteiger partial charge in [-0.25, -0.2) is 0 Å². The lowest BCUT2D eigenvalue weighted by atomic mass is 9.76. The van der Waals surface area contributed by atoms with Gasteiger partial charge in [0, 0.05) is 5.41 Å². The minimum absolute atomic E-state index is 0.285. The van der Waals surface area contributed by atoms with Crippen molar-refractivity contribution in [1.82, 2.24) is 0 Å². The third-order valence-corrected chi connectivity index (χ3v) is 5.19. The molecule has 0 saturated heterocycles. The maximum absolute atomic E-state index is 6.10. The summed E-state index contributed by atoms with van der Waals surface area (Å²) in [5.41, 5.74) is 0.285. The third kappa shape index (κ3) is 2.95. The maximum Gasteiger partial charge on any atom is 0.119 e. The van der Waals surface area contributed by atoms with Crippen LogP contribution in [0, 0.1) is 5.41 Å². The average molecular weight is 286 g/mol. The second-order valence-corrected chi connectivity index (χ2v) is 6.33. The van der Waals surface area contributed by atoms with Crippen molar-refractivity contribution in [3.8, 4) is 5.75 Å². The van der Waals surface area contributed by atoms with E-state index < -0.39 is 0 Å². The van der Waals surface area contributed by atoms with Gasteiger partial charge in [-0.2, -0.15) is 12.6 Å². The fraction of sp³-hybridized carbons (Fsp3) is 0.444. The van der Waals surface area contributed by atoms with E-state index in [1.807, 2.05) is 0 Å². The van der Waals surface area contributed by atoms with Gasteiger partial charge in [0.05, 0.1) is 6.61 Å². The second kappa shape index (κ2) is 6.09. The fourth-order valence-electron chi connectivity index (χ4n) is 3.14. The van der Waals surface area contributed by atoms with Crippen molar-refractivity contribution in [2.24, 2.45) is 5.41 Å². The molecule has 2 aromatic carbocycles. The Bertz CT molecular complexity index is 572. The summed E-state index contributed by atoms with van der Waals surface area (Å²) in [6.07, 6.45) is 6.52. The first-order valence-electron chi connectivity index (χ1n) is 7.54. The molecule has 0 unspecified atom stereocenters. The first kappa shape index (κ1) is 13.8. The van der Waals surface area contributed by atoms with Crippen LogP contribution < -0.4 is 4.74 Å². The van der Waals surface area contributed by atoms with Gasteiger partial charge in [0.2, 0.25) is 0 Å². The third-order valence-electron chi connectivity index (χ3n) is 4.52. The van der Waals surface area contributed by atoms with Crippen molar-refractivity contribution >= 4 is 23.4 Å². The minimum atomic E-state index is 0.285. The number of ether oxygens (including phenoxy) is 1. The van der Waals surface area contributed by atoms with Crippen LogP contribution in [0.25, 0.3) is 10.8 Å². The molecule has 1 fully saturated rings. The molecule has 2 aromatic rings. The highest BCUT2D eigenvalue weighted by atomic mass is 32.1. The molecule has 1 saturated carbocycles. The van der Waals surface area contributed by atoms with Crippen LogP contribution in [-0.2, 0) is 0 Å². The highest BCUT2D eigenvalue weighted by Crippen LogP contribution is 2.38. The first-order valence-corrected chi connectivity index (χ1v) is 8.17. The smallest absolute Gasteiger partial charge is 0.119 e. The molecule has 1 aliphatic carbocycles. The summed E-state index contributed by atoms with van der Waals surface area (Å²) in [6.45, 7) is 0.800. The Kier molecular flexibility index (Phi) is 4.21. The quantitative estimate of drug-likeness (QED) is 0.769. The van der Waals surface area contributed by atoms with Crippen LogP contribution in [0.4, 0.5) is 0 Å². The normalized spacial score (nSPS) is 18.1. The van der Waals surface area contributed by atoms with Gasteiger partial charge in [0.1, 0.15) is 5.75 Å². The summed E-state index contributed by atoms with van der Waals surface area (Å²) in [7, 11) is 0. The first-order chi connectivity index (χ1) is 9.81. The van der Waals surface area contributed by atoms with Gasteiger partial charge in [-0.3, -0.25) is 0 Å². The van der Waals surface area contributed by atoms with Gasteiger partial charge in [0.15, 0.2) is 0 Å². The summed E-state index contributed by atoms with van der Waals surface area (Å²) in [6, 6.07) is 14.8. The van der Waals surface area contributed by atoms with Crippen molar-refractivity contribution in [1.29, 1.82) is 0 Å². The van der Waals surface area contributed by atoms with Gasteiger partial charge in [-0.1, -0.05) is 49.6 Å². The van der Waals surface area contributed by atoms with E-state index in [4.69, 9.17) is 4.74 Å². The molecule has 0 amide bonds. The van der Waals surface area contributed by atoms with Crippen LogP contribution >= 0.6 is 12.6 Å². The summed E-state index contributed by atoms with van der Waals surface area (Å²) >= 11 is 4.57. The van der Waals surface area contributed by atoms with E-state index in [0.717, 1.165) is 18.1 Å². The van der Waals surface area contributed by atoms with E-state index in [2.05, 4.69) is 55.1 Å². The summed E-state index contributed by atoms with van der Waals surface area (Å²) in [5, 5.41) is 2.51. The molecule has 0 atom stereocenters. The molecule has 0 radical (unpaired) electrons. The molecular formula is C18H22OS. The van der Waals surface area contributed by atoms with E-state index in [1.165, 1.54) is 42.9 Å². The number of benzene rings is 2. The molecule has 0 bridgehead atoms. The lowest BCUT2D eigenvalue weighted by Crippen LogP contribution is -2.32. The van der Waals surface area contributed by atoms with E-state index in [-0.39, 0.29) is 5.41 Å². The zero-order chi connectivity index (χ0) is 13.8. The van der Waals surface area contributed by atoms with Crippen molar-refractivity contribution in [3.05, 3.63) is 42.5 Å². The van der Waals surface area contributed by atoms with Crippen LogP contribution in [0.5, 0.6) is 5.75 Å². The molecule has 1 aliphatic rings. The van der Waals surface area contributed by atoms with Gasteiger partial charge in [-0.05, 0) is 41.5 Å².